The number of hydrogen-bond acceptors (Lipinski definition) is 6. The molecule has 9 nitrogen and oxygen atoms in total. The van der Waals surface area contributed by atoms with Gasteiger partial charge in [-0.1, -0.05) is 42.5 Å². The fourth-order valence-corrected chi connectivity index (χ4v) is 3.05. The fourth-order valence-electron chi connectivity index (χ4n) is 3.05. The van der Waals surface area contributed by atoms with E-state index in [-0.39, 0.29) is 24.8 Å². The van der Waals surface area contributed by atoms with Crippen molar-refractivity contribution < 1.29 is 23.8 Å². The number of halogens is 1. The highest BCUT2D eigenvalue weighted by atomic mass is 19.1. The molecule has 0 bridgehead atoms. The van der Waals surface area contributed by atoms with Gasteiger partial charge in [-0.25, -0.2) is 14.2 Å². The number of amides is 2. The van der Waals surface area contributed by atoms with Gasteiger partial charge in [-0.15, -0.1) is 0 Å². The number of hydrogen-bond donors (Lipinski definition) is 4. The Labute approximate surface area is 195 Å². The summed E-state index contributed by atoms with van der Waals surface area (Å²) in [6.07, 6.45) is -0.349. The van der Waals surface area contributed by atoms with Crippen LogP contribution in [0.3, 0.4) is 0 Å². The zero-order valence-corrected chi connectivity index (χ0v) is 18.7. The second-order valence-electron chi connectivity index (χ2n) is 8.06. The van der Waals surface area contributed by atoms with Crippen LogP contribution in [-0.2, 0) is 23.3 Å². The number of nitrogens with one attached hydrogen (secondary N) is 3. The van der Waals surface area contributed by atoms with Crippen LogP contribution in [0.25, 0.3) is 0 Å². The van der Waals surface area contributed by atoms with E-state index in [1.165, 1.54) is 12.1 Å². The summed E-state index contributed by atoms with van der Waals surface area (Å²) >= 11 is 0. The number of ether oxygens (including phenoxy) is 1. The van der Waals surface area contributed by atoms with Gasteiger partial charge in [-0.3, -0.25) is 9.59 Å². The number of aromatic hydroxyl groups is 1. The van der Waals surface area contributed by atoms with Crippen molar-refractivity contribution in [3.05, 3.63) is 93.4 Å². The van der Waals surface area contributed by atoms with Crippen molar-refractivity contribution in [2.24, 2.45) is 0 Å². The van der Waals surface area contributed by atoms with Gasteiger partial charge in [0.2, 0.25) is 5.75 Å². The first kappa shape index (κ1) is 24.4. The Morgan fingerprint density at radius 3 is 2.44 bits per heavy atom. The van der Waals surface area contributed by atoms with Gasteiger partial charge < -0.3 is 25.5 Å². The molecule has 34 heavy (non-hydrogen) atoms. The molecule has 0 saturated carbocycles. The summed E-state index contributed by atoms with van der Waals surface area (Å²) in [7, 11) is 0. The minimum atomic E-state index is -1.23. The third kappa shape index (κ3) is 6.41. The van der Waals surface area contributed by atoms with Crippen LogP contribution in [0.15, 0.2) is 59.4 Å². The van der Waals surface area contributed by atoms with Gasteiger partial charge in [0.1, 0.15) is 18.2 Å². The van der Waals surface area contributed by atoms with E-state index in [1.807, 2.05) is 18.2 Å². The van der Waals surface area contributed by atoms with Crippen molar-refractivity contribution in [1.29, 1.82) is 0 Å². The lowest BCUT2D eigenvalue weighted by Gasteiger charge is -2.25. The van der Waals surface area contributed by atoms with Crippen LogP contribution in [0.4, 0.5) is 9.18 Å². The molecular formula is C24H25FN4O5. The first-order chi connectivity index (χ1) is 16.2. The molecule has 2 amide bonds. The number of alkyl carbamates (subject to hydrolysis) is 1. The maximum absolute atomic E-state index is 13.0. The van der Waals surface area contributed by atoms with E-state index >= 15 is 0 Å². The second kappa shape index (κ2) is 10.6. The highest BCUT2D eigenvalue weighted by molar-refractivity contribution is 5.94. The minimum absolute atomic E-state index is 0.0456. The van der Waals surface area contributed by atoms with E-state index in [4.69, 9.17) is 4.74 Å². The molecule has 178 valence electrons. The molecule has 0 unspecified atom stereocenters. The van der Waals surface area contributed by atoms with E-state index in [0.717, 1.165) is 11.1 Å². The van der Waals surface area contributed by atoms with E-state index in [2.05, 4.69) is 20.6 Å². The lowest BCUT2D eigenvalue weighted by Crippen LogP contribution is -2.44. The maximum Gasteiger partial charge on any atom is 0.408 e. The average molecular weight is 468 g/mol. The predicted octanol–water partition coefficient (Wildman–Crippen LogP) is 2.75. The van der Waals surface area contributed by atoms with Gasteiger partial charge in [0, 0.05) is 6.54 Å². The third-order valence-corrected chi connectivity index (χ3v) is 4.94. The number of carbonyl (C=O) groups is 2. The summed E-state index contributed by atoms with van der Waals surface area (Å²) in [5.41, 5.74) is -1.05. The molecule has 3 rings (SSSR count). The van der Waals surface area contributed by atoms with Crippen molar-refractivity contribution in [3.63, 3.8) is 0 Å². The summed E-state index contributed by atoms with van der Waals surface area (Å²) in [4.78, 5) is 43.5. The molecule has 3 aromatic rings. The van der Waals surface area contributed by atoms with Crippen molar-refractivity contribution in [1.82, 2.24) is 20.6 Å². The van der Waals surface area contributed by atoms with Crippen molar-refractivity contribution >= 4 is 12.0 Å². The van der Waals surface area contributed by atoms with Crippen LogP contribution >= 0.6 is 0 Å². The Morgan fingerprint density at radius 1 is 1.09 bits per heavy atom. The number of nitrogens with zero attached hydrogens (tertiary/aromatic N) is 1. The van der Waals surface area contributed by atoms with Gasteiger partial charge in [0.25, 0.3) is 11.5 Å². The molecule has 2 aromatic carbocycles. The summed E-state index contributed by atoms with van der Waals surface area (Å²) in [5.74, 6) is -2.02. The molecule has 0 saturated heterocycles. The fraction of sp³-hybridized carbons (Fsp3) is 0.250. The monoisotopic (exact) mass is 468 g/mol. The van der Waals surface area contributed by atoms with Crippen molar-refractivity contribution in [2.75, 3.05) is 6.54 Å². The van der Waals surface area contributed by atoms with Gasteiger partial charge >= 0.3 is 6.09 Å². The molecule has 0 aliphatic rings. The Balaban J connectivity index is 1.66. The summed E-state index contributed by atoms with van der Waals surface area (Å²) in [6.45, 7) is 3.33. The topological polar surface area (TPSA) is 133 Å². The summed E-state index contributed by atoms with van der Waals surface area (Å²) < 4.78 is 18.2. The van der Waals surface area contributed by atoms with Gasteiger partial charge in [0.15, 0.2) is 5.69 Å². The van der Waals surface area contributed by atoms with Crippen molar-refractivity contribution in [3.8, 4) is 5.75 Å². The van der Waals surface area contributed by atoms with Gasteiger partial charge in [-0.05, 0) is 43.5 Å². The first-order valence-electron chi connectivity index (χ1n) is 10.5. The molecule has 1 aromatic heterocycles. The highest BCUT2D eigenvalue weighted by Gasteiger charge is 2.29. The quantitative estimate of drug-likeness (QED) is 0.402. The standard InChI is InChI=1S/C24H25FN4O5/c1-24(2,29-23(33)34-14-16-6-4-3-5-7-16)22-27-18(19(30)21(32)28-22)20(31)26-13-12-15-8-10-17(25)11-9-15/h3-11,30H,12-14H2,1-2H3,(H,26,31)(H,29,33)(H,27,28,32). The lowest BCUT2D eigenvalue weighted by molar-refractivity contribution is 0.0945. The molecule has 0 spiro atoms. The molecule has 0 radical (unpaired) electrons. The number of H-pyrrole nitrogens is 1. The largest absolute Gasteiger partial charge is 0.501 e. The Hall–Kier alpha value is -4.21. The average Bonchev–Trinajstić information content (AvgIpc) is 2.81. The number of aromatic nitrogens is 2. The van der Waals surface area contributed by atoms with Crippen LogP contribution in [0.1, 0.15) is 41.3 Å². The third-order valence-electron chi connectivity index (χ3n) is 4.94. The van der Waals surface area contributed by atoms with E-state index in [0.29, 0.717) is 6.42 Å². The molecule has 0 atom stereocenters. The van der Waals surface area contributed by atoms with Crippen LogP contribution in [-0.4, -0.2) is 33.6 Å². The molecule has 1 heterocycles. The number of rotatable bonds is 8. The van der Waals surface area contributed by atoms with E-state index < -0.39 is 34.5 Å². The minimum Gasteiger partial charge on any atom is -0.501 e. The summed E-state index contributed by atoms with van der Waals surface area (Å²) in [5, 5.41) is 15.2. The molecule has 0 aliphatic heterocycles. The summed E-state index contributed by atoms with van der Waals surface area (Å²) in [6, 6.07) is 14.9. The highest BCUT2D eigenvalue weighted by Crippen LogP contribution is 2.18. The molecule has 0 fully saturated rings. The zero-order chi connectivity index (χ0) is 24.7. The zero-order valence-electron chi connectivity index (χ0n) is 18.7. The smallest absolute Gasteiger partial charge is 0.408 e. The van der Waals surface area contributed by atoms with E-state index in [9.17, 15) is 23.9 Å². The first-order valence-corrected chi connectivity index (χ1v) is 10.5. The van der Waals surface area contributed by atoms with Crippen LogP contribution in [0, 0.1) is 5.82 Å². The normalized spacial score (nSPS) is 11.0. The maximum atomic E-state index is 13.0. The number of aromatic amines is 1. The molecular weight excluding hydrogens is 443 g/mol. The molecule has 10 heteroatoms. The van der Waals surface area contributed by atoms with Gasteiger partial charge in [-0.2, -0.15) is 0 Å². The Bertz CT molecular complexity index is 1210. The van der Waals surface area contributed by atoms with Crippen LogP contribution in [0.2, 0.25) is 0 Å². The Morgan fingerprint density at radius 2 is 1.76 bits per heavy atom. The van der Waals surface area contributed by atoms with Crippen LogP contribution in [0.5, 0.6) is 5.75 Å². The lowest BCUT2D eigenvalue weighted by atomic mass is 10.0. The molecule has 4 N–H and O–H groups in total. The second-order valence-corrected chi connectivity index (χ2v) is 8.06. The predicted molar refractivity (Wildman–Crippen MR) is 122 cm³/mol. The van der Waals surface area contributed by atoms with Gasteiger partial charge in [0.05, 0.1) is 5.54 Å². The van der Waals surface area contributed by atoms with E-state index in [1.54, 1.807) is 38.1 Å². The van der Waals surface area contributed by atoms with Crippen molar-refractivity contribution in [2.45, 2.75) is 32.4 Å². The molecule has 0 aliphatic carbocycles. The number of carbonyl (C=O) groups excluding carboxylic acids is 2. The van der Waals surface area contributed by atoms with Crippen LogP contribution < -0.4 is 16.2 Å². The SMILES string of the molecule is CC(C)(NC(=O)OCc1ccccc1)c1nc(C(=O)NCCc2ccc(F)cc2)c(O)c(=O)[nH]1. The number of benzene rings is 2. The Kier molecular flexibility index (Phi) is 7.62.